The van der Waals surface area contributed by atoms with Crippen molar-refractivity contribution in [1.29, 1.82) is 0 Å². The van der Waals surface area contributed by atoms with Crippen molar-refractivity contribution in [1.82, 2.24) is 99.7 Å². The second-order valence-corrected chi connectivity index (χ2v) is 16.4. The third kappa shape index (κ3) is 3.11. The van der Waals surface area contributed by atoms with Gasteiger partial charge in [0.15, 0.2) is 49.3 Å². The van der Waals surface area contributed by atoms with Gasteiger partial charge in [0, 0.05) is 0 Å². The first-order valence-electron chi connectivity index (χ1n) is 18.6. The molecule has 0 saturated carbocycles. The average Bonchev–Trinajstić information content (AvgIpc) is 4.04. The van der Waals surface area contributed by atoms with E-state index in [1.165, 1.54) is 78.4 Å². The van der Waals surface area contributed by atoms with Crippen molar-refractivity contribution in [2.75, 3.05) is 53.3 Å². The lowest BCUT2D eigenvalue weighted by Crippen LogP contribution is -2.63. The van der Waals surface area contributed by atoms with Crippen molar-refractivity contribution in [2.24, 2.45) is 0 Å². The molecule has 14 fully saturated rings. The number of nitrogens with one attached hydrogen (secondary N) is 4. The van der Waals surface area contributed by atoms with Crippen molar-refractivity contribution in [3.8, 4) is 0 Å². The Balaban J connectivity index is 0.841. The highest BCUT2D eigenvalue weighted by Crippen LogP contribution is 2.47. The molecule has 0 spiro atoms. The molecule has 30 heteroatoms. The van der Waals surface area contributed by atoms with Gasteiger partial charge in [-0.15, -0.1) is 0 Å². The molecule has 14 heterocycles. The molecule has 20 amide bonds. The monoisotopic (exact) mass is 806 g/mol. The van der Waals surface area contributed by atoms with Gasteiger partial charge < -0.3 is 21.3 Å². The molecule has 0 radical (unpaired) electrons. The van der Waals surface area contributed by atoms with Crippen LogP contribution in [0.1, 0.15) is 0 Å². The molecule has 14 rings (SSSR count). The summed E-state index contributed by atoms with van der Waals surface area (Å²) in [6.07, 6.45) is -9.55. The van der Waals surface area contributed by atoms with E-state index in [2.05, 4.69) is 21.3 Å². The topological polar surface area (TPSA) is 271 Å². The van der Waals surface area contributed by atoms with E-state index >= 15 is 0 Å². The largest absolute Gasteiger partial charge is 0.326 e. The highest BCUT2D eigenvalue weighted by molar-refractivity contribution is 5.93. The number of carbonyl (C=O) groups is 10. The molecule has 14 aliphatic heterocycles. The van der Waals surface area contributed by atoms with Gasteiger partial charge in [0.05, 0.1) is 0 Å². The van der Waals surface area contributed by atoms with Crippen LogP contribution >= 0.6 is 0 Å². The molecule has 0 aromatic heterocycles. The van der Waals surface area contributed by atoms with Crippen molar-refractivity contribution >= 4 is 60.3 Å². The molecule has 0 aromatic rings. The van der Waals surface area contributed by atoms with Gasteiger partial charge in [0.2, 0.25) is 0 Å². The summed E-state index contributed by atoms with van der Waals surface area (Å²) in [6.45, 7) is -2.70. The highest BCUT2D eigenvalue weighted by atomic mass is 16.2. The van der Waals surface area contributed by atoms with Gasteiger partial charge in [0.25, 0.3) is 0 Å². The van der Waals surface area contributed by atoms with E-state index in [0.29, 0.717) is 0 Å². The fourth-order valence-corrected chi connectivity index (χ4v) is 11.7. The second kappa shape index (κ2) is 9.28. The van der Waals surface area contributed by atoms with Crippen LogP contribution < -0.4 is 21.3 Å². The number of hydrogen-bond acceptors (Lipinski definition) is 10. The van der Waals surface area contributed by atoms with Crippen LogP contribution in [0.5, 0.6) is 0 Å². The first-order chi connectivity index (χ1) is 27.9. The number of nitrogens with zero attached hydrogens (tertiary/aromatic N) is 16. The molecule has 58 heavy (non-hydrogen) atoms. The van der Waals surface area contributed by atoms with E-state index in [9.17, 15) is 47.9 Å². The van der Waals surface area contributed by atoms with E-state index < -0.39 is 149 Å². The molecule has 0 bridgehead atoms. The van der Waals surface area contributed by atoms with E-state index in [1.807, 2.05) is 0 Å². The van der Waals surface area contributed by atoms with Crippen molar-refractivity contribution in [2.45, 2.75) is 61.7 Å². The Labute approximate surface area is 322 Å². The zero-order valence-electron chi connectivity index (χ0n) is 29.7. The Bertz CT molecular complexity index is 1930. The number of carbonyl (C=O) groups excluding carboxylic acids is 10. The van der Waals surface area contributed by atoms with Crippen LogP contribution in [0.2, 0.25) is 0 Å². The van der Waals surface area contributed by atoms with Gasteiger partial charge in [-0.25, -0.2) is 47.9 Å². The zero-order valence-corrected chi connectivity index (χ0v) is 29.7. The van der Waals surface area contributed by atoms with E-state index in [-0.39, 0.29) is 26.7 Å². The predicted octanol–water partition coefficient (Wildman–Crippen LogP) is -5.51. The number of amides is 20. The first kappa shape index (κ1) is 30.9. The highest BCUT2D eigenvalue weighted by Gasteiger charge is 2.72. The maximum atomic E-state index is 14.7. The molecule has 14 saturated heterocycles. The van der Waals surface area contributed by atoms with Gasteiger partial charge >= 0.3 is 60.3 Å². The Morgan fingerprint density at radius 3 is 0.569 bits per heavy atom. The van der Waals surface area contributed by atoms with Crippen LogP contribution in [-0.2, 0) is 0 Å². The van der Waals surface area contributed by atoms with Crippen LogP contribution in [0, 0.1) is 0 Å². The lowest BCUT2D eigenvalue weighted by molar-refractivity contribution is -0.0173. The molecule has 0 unspecified atom stereocenters. The maximum Gasteiger partial charge on any atom is 0.326 e. The summed E-state index contributed by atoms with van der Waals surface area (Å²) >= 11 is 0. The SMILES string of the molecule is O=C1NC2NC(=O)N3CN4C(=O)N5CN6C(=O)N7CN8C(=O)N9CN%10C(=O)NC%11NC(=O)N(CN%12C(=O)N(CN%13C(=O)N(CN%14C(=O)N(CN1C23)C4C%145)C6C%137)C8C%129)C%11%10. The molecule has 0 aliphatic carbocycles. The van der Waals surface area contributed by atoms with Crippen LogP contribution in [0.25, 0.3) is 0 Å². The summed E-state index contributed by atoms with van der Waals surface area (Å²) in [7, 11) is 0. The summed E-state index contributed by atoms with van der Waals surface area (Å²) in [6, 6.07) is -5.70. The van der Waals surface area contributed by atoms with E-state index in [4.69, 9.17) is 0 Å². The maximum absolute atomic E-state index is 14.7. The molecule has 14 aliphatic rings. The van der Waals surface area contributed by atoms with Crippen LogP contribution in [-0.4, -0.2) is 254 Å². The Hall–Kier alpha value is -7.30. The molecule has 4 N–H and O–H groups in total. The average molecular weight is 807 g/mol. The van der Waals surface area contributed by atoms with Crippen LogP contribution in [0.15, 0.2) is 0 Å². The Kier molecular flexibility index (Phi) is 4.94. The van der Waals surface area contributed by atoms with Gasteiger partial charge in [-0.3, -0.25) is 78.4 Å². The lowest BCUT2D eigenvalue weighted by atomic mass is 10.3. The molecule has 30 nitrogen and oxygen atoms in total. The van der Waals surface area contributed by atoms with Gasteiger partial charge in [0.1, 0.15) is 65.7 Å². The minimum Gasteiger partial charge on any atom is -0.314 e. The Morgan fingerprint density at radius 1 is 0.241 bits per heavy atom. The van der Waals surface area contributed by atoms with Crippen molar-refractivity contribution in [3.05, 3.63) is 0 Å². The van der Waals surface area contributed by atoms with Crippen molar-refractivity contribution < 1.29 is 47.9 Å². The molecule has 0 aromatic carbocycles. The van der Waals surface area contributed by atoms with E-state index in [1.54, 1.807) is 0 Å². The zero-order chi connectivity index (χ0) is 39.3. The minimum atomic E-state index is -1.09. The van der Waals surface area contributed by atoms with Gasteiger partial charge in [-0.2, -0.15) is 0 Å². The fourth-order valence-electron chi connectivity index (χ4n) is 11.7. The lowest BCUT2D eigenvalue weighted by Gasteiger charge is -2.42. The smallest absolute Gasteiger partial charge is 0.314 e. The summed E-state index contributed by atoms with van der Waals surface area (Å²) in [5.41, 5.74) is 0. The standard InChI is InChI=1S/C28H30N20O10/c49-19-29-9-11-33(19)1-37-13-15-41(23(37)53)5-45-17-18-47(27(45)57)7-43-16-14-39(25(43)55)3-35-12-10(31-21(35)51)32-22(52)36(12)4-40(14)26(56)44(16)8-48(18)28(58)46(17)6-42(15)24(54)38(13)2-34(11)20(50)30-9/h9-18H,1-8H2,(H,29,49)(H,30,50)(H,31,51)(H,32,52). The van der Waals surface area contributed by atoms with Gasteiger partial charge in [-0.05, 0) is 0 Å². The number of rotatable bonds is 0. The normalized spacial score (nSPS) is 39.5. The summed E-state index contributed by atoms with van der Waals surface area (Å²) in [4.78, 5) is 161. The summed E-state index contributed by atoms with van der Waals surface area (Å²) in [5, 5.41) is 10.8. The first-order valence-corrected chi connectivity index (χ1v) is 18.6. The summed E-state index contributed by atoms with van der Waals surface area (Å²) in [5.74, 6) is 0. The van der Waals surface area contributed by atoms with Crippen LogP contribution in [0.3, 0.4) is 0 Å². The van der Waals surface area contributed by atoms with Crippen molar-refractivity contribution in [3.63, 3.8) is 0 Å². The Morgan fingerprint density at radius 2 is 0.397 bits per heavy atom. The molecule has 0 atom stereocenters. The molecular formula is C28H30N20O10. The number of hydrogen-bond donors (Lipinski definition) is 4. The second-order valence-electron chi connectivity index (χ2n) is 16.4. The molecule has 302 valence electrons. The molecular weight excluding hydrogens is 776 g/mol. The number of urea groups is 10. The quantitative estimate of drug-likeness (QED) is 0.180. The predicted molar refractivity (Wildman–Crippen MR) is 173 cm³/mol. The summed E-state index contributed by atoms with van der Waals surface area (Å²) < 4.78 is 0. The minimum absolute atomic E-state index is 0.283. The third-order valence-corrected chi connectivity index (χ3v) is 14.1. The fraction of sp³-hybridized carbons (Fsp3) is 0.643. The van der Waals surface area contributed by atoms with Gasteiger partial charge in [-0.1, -0.05) is 0 Å². The third-order valence-electron chi connectivity index (χ3n) is 14.1. The van der Waals surface area contributed by atoms with Crippen LogP contribution in [0.4, 0.5) is 47.9 Å². The van der Waals surface area contributed by atoms with E-state index in [0.717, 1.165) is 0 Å².